The Morgan fingerprint density at radius 3 is 1.75 bits per heavy atom. The second-order valence-corrected chi connectivity index (χ2v) is 3.79. The van der Waals surface area contributed by atoms with Gasteiger partial charge in [-0.2, -0.15) is 0 Å². The van der Waals surface area contributed by atoms with E-state index in [-0.39, 0.29) is 0 Å². The minimum absolute atomic E-state index is 1.33. The lowest BCUT2D eigenvalue weighted by atomic mass is 10.0. The van der Waals surface area contributed by atoms with Crippen molar-refractivity contribution in [3.05, 3.63) is 47.5 Å². The average Bonchev–Trinajstić information content (AvgIpc) is 2.33. The van der Waals surface area contributed by atoms with Crippen LogP contribution in [0, 0.1) is 13.8 Å². The molecule has 0 saturated carbocycles. The van der Waals surface area contributed by atoms with E-state index in [1.54, 1.807) is 0 Å². The minimum atomic E-state index is -1.83. The van der Waals surface area contributed by atoms with Crippen molar-refractivity contribution < 1.29 is 30.0 Å². The van der Waals surface area contributed by atoms with Crippen molar-refractivity contribution in [2.45, 2.75) is 13.8 Å². The highest BCUT2D eigenvalue weighted by Crippen LogP contribution is 2.20. The third-order valence-corrected chi connectivity index (χ3v) is 2.47. The molecule has 0 aromatic heterocycles. The monoisotopic (exact) mass is 280 g/mol. The van der Waals surface area contributed by atoms with Crippen LogP contribution in [0.4, 0.5) is 9.59 Å². The van der Waals surface area contributed by atoms with Gasteiger partial charge in [0.2, 0.25) is 0 Å². The molecule has 0 spiro atoms. The van der Waals surface area contributed by atoms with Gasteiger partial charge in [-0.1, -0.05) is 36.4 Å². The van der Waals surface area contributed by atoms with Crippen LogP contribution in [-0.2, 0) is 0 Å². The van der Waals surface area contributed by atoms with Gasteiger partial charge in [-0.15, -0.1) is 0 Å². The molecule has 108 valence electrons. The lowest BCUT2D eigenvalue weighted by molar-refractivity contribution is 0.135. The van der Waals surface area contributed by atoms with Crippen LogP contribution in [0.3, 0.4) is 0 Å². The van der Waals surface area contributed by atoms with Crippen LogP contribution in [0.25, 0.3) is 10.8 Å². The second kappa shape index (κ2) is 8.36. The van der Waals surface area contributed by atoms with Gasteiger partial charge >= 0.3 is 12.3 Å². The zero-order valence-corrected chi connectivity index (χ0v) is 11.1. The number of fused-ring (bicyclic) bond motifs is 1. The summed E-state index contributed by atoms with van der Waals surface area (Å²) in [6, 6.07) is 12.9. The van der Waals surface area contributed by atoms with Crippen LogP contribution >= 0.6 is 0 Å². The predicted molar refractivity (Wildman–Crippen MR) is 74.7 cm³/mol. The Morgan fingerprint density at radius 2 is 1.25 bits per heavy atom. The van der Waals surface area contributed by atoms with Gasteiger partial charge in [-0.25, -0.2) is 9.59 Å². The molecule has 6 nitrogen and oxygen atoms in total. The summed E-state index contributed by atoms with van der Waals surface area (Å²) in [5, 5.41) is 30.6. The topological polar surface area (TPSA) is 115 Å². The molecule has 20 heavy (non-hydrogen) atoms. The van der Waals surface area contributed by atoms with Crippen molar-refractivity contribution in [2.24, 2.45) is 0 Å². The second-order valence-electron chi connectivity index (χ2n) is 3.79. The molecule has 0 atom stereocenters. The molecular weight excluding hydrogens is 264 g/mol. The normalized spacial score (nSPS) is 8.70. The van der Waals surface area contributed by atoms with Gasteiger partial charge < -0.3 is 20.4 Å². The van der Waals surface area contributed by atoms with Gasteiger partial charge in [-0.05, 0) is 35.7 Å². The molecule has 0 aliphatic carbocycles. The summed E-state index contributed by atoms with van der Waals surface area (Å²) in [4.78, 5) is 17.1. The number of carbonyl (C=O) groups is 2. The van der Waals surface area contributed by atoms with Crippen LogP contribution < -0.4 is 0 Å². The Hall–Kier alpha value is -2.76. The first kappa shape index (κ1) is 17.2. The zero-order chi connectivity index (χ0) is 15.7. The molecule has 0 aliphatic heterocycles. The summed E-state index contributed by atoms with van der Waals surface area (Å²) < 4.78 is 0. The molecule has 0 unspecified atom stereocenters. The van der Waals surface area contributed by atoms with Crippen LogP contribution in [0.15, 0.2) is 36.4 Å². The van der Waals surface area contributed by atoms with E-state index in [4.69, 9.17) is 30.0 Å². The zero-order valence-electron chi connectivity index (χ0n) is 11.1. The van der Waals surface area contributed by atoms with Gasteiger partial charge in [0.05, 0.1) is 0 Å². The fraction of sp³-hybridized carbons (Fsp3) is 0.143. The maximum Gasteiger partial charge on any atom is 0.503 e. The molecule has 6 heteroatoms. The molecule has 0 fully saturated rings. The number of aryl methyl sites for hydroxylation is 2. The molecule has 0 saturated heterocycles. The Labute approximate surface area is 115 Å². The van der Waals surface area contributed by atoms with Gasteiger partial charge in [-0.3, -0.25) is 0 Å². The lowest BCUT2D eigenvalue weighted by Crippen LogP contribution is -1.82. The van der Waals surface area contributed by atoms with Crippen LogP contribution in [0.5, 0.6) is 0 Å². The van der Waals surface area contributed by atoms with E-state index in [1.807, 2.05) is 0 Å². The van der Waals surface area contributed by atoms with E-state index in [9.17, 15) is 0 Å². The summed E-state index contributed by atoms with van der Waals surface area (Å²) in [5.74, 6) is 0. The molecule has 0 radical (unpaired) electrons. The van der Waals surface area contributed by atoms with Crippen molar-refractivity contribution in [1.82, 2.24) is 0 Å². The fourth-order valence-corrected chi connectivity index (χ4v) is 1.54. The minimum Gasteiger partial charge on any atom is -0.450 e. The highest BCUT2D eigenvalue weighted by molar-refractivity contribution is 5.86. The van der Waals surface area contributed by atoms with E-state index in [0.717, 1.165) is 0 Å². The number of rotatable bonds is 0. The molecule has 0 bridgehead atoms. The van der Waals surface area contributed by atoms with Crippen molar-refractivity contribution >= 4 is 23.1 Å². The summed E-state index contributed by atoms with van der Waals surface area (Å²) in [7, 11) is 0. The summed E-state index contributed by atoms with van der Waals surface area (Å²) >= 11 is 0. The third-order valence-electron chi connectivity index (χ3n) is 2.47. The Kier molecular flexibility index (Phi) is 7.21. The quantitative estimate of drug-likeness (QED) is 0.581. The van der Waals surface area contributed by atoms with Crippen molar-refractivity contribution in [3.63, 3.8) is 0 Å². The smallest absolute Gasteiger partial charge is 0.450 e. The summed E-state index contributed by atoms with van der Waals surface area (Å²) in [6.07, 6.45) is -3.67. The van der Waals surface area contributed by atoms with E-state index >= 15 is 0 Å². The first-order chi connectivity index (χ1) is 9.25. The first-order valence-corrected chi connectivity index (χ1v) is 5.54. The maximum absolute atomic E-state index is 8.56. The fourth-order valence-electron chi connectivity index (χ4n) is 1.54. The van der Waals surface area contributed by atoms with Gasteiger partial charge in [0, 0.05) is 0 Å². The van der Waals surface area contributed by atoms with Crippen LogP contribution in [0.2, 0.25) is 0 Å². The lowest BCUT2D eigenvalue weighted by Gasteiger charge is -2.04. The maximum atomic E-state index is 8.56. The number of carboxylic acid groups (broad SMARTS) is 4. The molecule has 0 heterocycles. The molecular formula is C14H16O6. The average molecular weight is 280 g/mol. The third kappa shape index (κ3) is 6.85. The van der Waals surface area contributed by atoms with Crippen LogP contribution in [-0.4, -0.2) is 32.7 Å². The molecule has 2 aromatic rings. The summed E-state index contributed by atoms with van der Waals surface area (Å²) in [6.45, 7) is 4.33. The Morgan fingerprint density at radius 1 is 0.800 bits per heavy atom. The number of hydrogen-bond donors (Lipinski definition) is 4. The largest absolute Gasteiger partial charge is 0.503 e. The van der Waals surface area contributed by atoms with Crippen molar-refractivity contribution in [1.29, 1.82) is 0 Å². The molecule has 2 rings (SSSR count). The molecule has 0 amide bonds. The summed E-state index contributed by atoms with van der Waals surface area (Å²) in [5.41, 5.74) is 2.77. The van der Waals surface area contributed by atoms with Gasteiger partial charge in [0.1, 0.15) is 0 Å². The highest BCUT2D eigenvalue weighted by atomic mass is 16.6. The Bertz CT molecular complexity index is 571. The van der Waals surface area contributed by atoms with E-state index in [1.165, 1.54) is 21.9 Å². The SMILES string of the molecule is Cc1ccc2ccccc2c1C.O=C(O)O.O=C(O)O. The Balaban J connectivity index is 0.000000380. The number of benzene rings is 2. The highest BCUT2D eigenvalue weighted by Gasteiger charge is 1.97. The molecule has 4 N–H and O–H groups in total. The number of hydrogen-bond acceptors (Lipinski definition) is 2. The standard InChI is InChI=1S/C12H12.2CH2O3/c1-9-7-8-11-5-3-4-6-12(11)10(9)2;2*2-1(3)4/h3-8H,1-2H3;2*(H2,2,3,4). The molecule has 0 aliphatic rings. The van der Waals surface area contributed by atoms with E-state index in [2.05, 4.69) is 50.2 Å². The molecule has 2 aromatic carbocycles. The van der Waals surface area contributed by atoms with Crippen molar-refractivity contribution in [2.75, 3.05) is 0 Å². The van der Waals surface area contributed by atoms with Crippen molar-refractivity contribution in [3.8, 4) is 0 Å². The first-order valence-electron chi connectivity index (χ1n) is 5.54. The predicted octanol–water partition coefficient (Wildman–Crippen LogP) is 3.90. The van der Waals surface area contributed by atoms with E-state index in [0.29, 0.717) is 0 Å². The van der Waals surface area contributed by atoms with Gasteiger partial charge in [0.25, 0.3) is 0 Å². The van der Waals surface area contributed by atoms with Gasteiger partial charge in [0.15, 0.2) is 0 Å². The van der Waals surface area contributed by atoms with Crippen LogP contribution in [0.1, 0.15) is 11.1 Å². The van der Waals surface area contributed by atoms with E-state index < -0.39 is 12.3 Å².